The van der Waals surface area contributed by atoms with E-state index in [2.05, 4.69) is 10.6 Å². The summed E-state index contributed by atoms with van der Waals surface area (Å²) >= 11 is 18.2. The molecule has 4 aromatic carbocycles. The van der Waals surface area contributed by atoms with Crippen LogP contribution >= 0.6 is 34.8 Å². The van der Waals surface area contributed by atoms with Crippen molar-refractivity contribution < 1.29 is 14.4 Å². The summed E-state index contributed by atoms with van der Waals surface area (Å²) in [4.78, 5) is 39.4. The second kappa shape index (κ2) is 9.66. The third-order valence-electron chi connectivity index (χ3n) is 5.64. The smallest absolute Gasteiger partial charge is 0.283 e. The third-order valence-corrected chi connectivity index (χ3v) is 6.73. The third kappa shape index (κ3) is 4.42. The highest BCUT2D eigenvalue weighted by atomic mass is 35.5. The van der Waals surface area contributed by atoms with Crippen LogP contribution in [0.2, 0.25) is 10.0 Å². The van der Waals surface area contributed by atoms with Crippen molar-refractivity contribution in [1.82, 2.24) is 0 Å². The Balaban J connectivity index is 1.32. The Morgan fingerprint density at radius 3 is 2.22 bits per heavy atom. The minimum atomic E-state index is -0.686. The molecule has 0 radical (unpaired) electrons. The van der Waals surface area contributed by atoms with Gasteiger partial charge < -0.3 is 10.6 Å². The minimum Gasteiger partial charge on any atom is -0.350 e. The van der Waals surface area contributed by atoms with Gasteiger partial charge in [-0.05, 0) is 53.9 Å². The fourth-order valence-corrected chi connectivity index (χ4v) is 4.35. The Morgan fingerprint density at radius 2 is 1.47 bits per heavy atom. The largest absolute Gasteiger partial charge is 0.350 e. The summed E-state index contributed by atoms with van der Waals surface area (Å²) in [5, 5.41) is 8.00. The fourth-order valence-electron chi connectivity index (χ4n) is 3.85. The number of benzene rings is 4. The molecule has 0 spiro atoms. The first kappa shape index (κ1) is 23.9. The van der Waals surface area contributed by atoms with Crippen LogP contribution in [-0.2, 0) is 9.59 Å². The number of amides is 3. The van der Waals surface area contributed by atoms with Gasteiger partial charge in [0.25, 0.3) is 17.7 Å². The van der Waals surface area contributed by atoms with Crippen molar-refractivity contribution in [3.8, 4) is 0 Å². The summed E-state index contributed by atoms with van der Waals surface area (Å²) < 4.78 is 0. The number of carbonyl (C=O) groups is 3. The highest BCUT2D eigenvalue weighted by Crippen LogP contribution is 2.33. The Bertz CT molecular complexity index is 1580. The summed E-state index contributed by atoms with van der Waals surface area (Å²) in [5.74, 6) is -1.61. The predicted octanol–water partition coefficient (Wildman–Crippen LogP) is 6.83. The summed E-state index contributed by atoms with van der Waals surface area (Å²) in [6, 6.07) is 24.3. The van der Waals surface area contributed by atoms with Gasteiger partial charge in [0, 0.05) is 22.3 Å². The van der Waals surface area contributed by atoms with Crippen LogP contribution < -0.4 is 15.5 Å². The molecule has 4 aromatic rings. The molecule has 0 fully saturated rings. The van der Waals surface area contributed by atoms with Crippen molar-refractivity contribution in [2.75, 3.05) is 15.5 Å². The molecule has 6 nitrogen and oxygen atoms in total. The van der Waals surface area contributed by atoms with E-state index in [1.807, 2.05) is 42.5 Å². The molecule has 0 unspecified atom stereocenters. The number of imide groups is 1. The zero-order chi connectivity index (χ0) is 25.4. The molecule has 1 aliphatic rings. The van der Waals surface area contributed by atoms with Gasteiger partial charge in [-0.15, -0.1) is 0 Å². The number of fused-ring (bicyclic) bond motifs is 1. The number of nitrogens with one attached hydrogen (secondary N) is 2. The van der Waals surface area contributed by atoms with Gasteiger partial charge in [0.15, 0.2) is 0 Å². The van der Waals surface area contributed by atoms with Crippen LogP contribution in [0.25, 0.3) is 10.8 Å². The molecule has 178 valence electrons. The molecule has 36 heavy (non-hydrogen) atoms. The van der Waals surface area contributed by atoms with Crippen molar-refractivity contribution in [3.05, 3.63) is 111 Å². The van der Waals surface area contributed by atoms with Crippen molar-refractivity contribution in [3.63, 3.8) is 0 Å². The molecular weight excluding hydrogens is 521 g/mol. The monoisotopic (exact) mass is 535 g/mol. The van der Waals surface area contributed by atoms with Crippen LogP contribution in [0.1, 0.15) is 10.4 Å². The number of carbonyl (C=O) groups excluding carboxylic acids is 3. The predicted molar refractivity (Wildman–Crippen MR) is 144 cm³/mol. The molecule has 5 rings (SSSR count). The number of rotatable bonds is 5. The SMILES string of the molecule is O=C(Nc1cccc2ccccc12)c1ccc(NC2=C(Cl)C(=O)N(c3ccc(Cl)c(Cl)c3)C2=O)cc1. The fraction of sp³-hybridized carbons (Fsp3) is 0. The Labute approximate surface area is 221 Å². The molecule has 9 heteroatoms. The first-order valence-corrected chi connectivity index (χ1v) is 11.9. The van der Waals surface area contributed by atoms with E-state index in [1.54, 1.807) is 24.3 Å². The van der Waals surface area contributed by atoms with Gasteiger partial charge in [-0.25, -0.2) is 4.90 Å². The van der Waals surface area contributed by atoms with Crippen molar-refractivity contribution in [2.24, 2.45) is 0 Å². The van der Waals surface area contributed by atoms with Gasteiger partial charge >= 0.3 is 0 Å². The molecule has 0 atom stereocenters. The van der Waals surface area contributed by atoms with Crippen LogP contribution in [-0.4, -0.2) is 17.7 Å². The lowest BCUT2D eigenvalue weighted by Crippen LogP contribution is -2.32. The van der Waals surface area contributed by atoms with E-state index >= 15 is 0 Å². The highest BCUT2D eigenvalue weighted by Gasteiger charge is 2.39. The molecule has 1 heterocycles. The maximum absolute atomic E-state index is 13.0. The standard InChI is InChI=1S/C27H16Cl3N3O3/c28-20-13-12-18(14-21(20)29)33-26(35)23(30)24(27(33)36)31-17-10-8-16(9-11-17)25(34)32-22-7-3-5-15-4-1-2-6-19(15)22/h1-14,31H,(H,32,34). The number of halogens is 3. The maximum Gasteiger partial charge on any atom is 0.283 e. The zero-order valence-electron chi connectivity index (χ0n) is 18.4. The van der Waals surface area contributed by atoms with Crippen LogP contribution in [0.5, 0.6) is 0 Å². The lowest BCUT2D eigenvalue weighted by atomic mass is 10.1. The molecule has 0 bridgehead atoms. The first-order valence-electron chi connectivity index (χ1n) is 10.7. The second-order valence-corrected chi connectivity index (χ2v) is 9.11. The normalized spacial score (nSPS) is 13.5. The van der Waals surface area contributed by atoms with Gasteiger partial charge in [0.1, 0.15) is 10.7 Å². The van der Waals surface area contributed by atoms with Crippen molar-refractivity contribution in [1.29, 1.82) is 0 Å². The Morgan fingerprint density at radius 1 is 0.750 bits per heavy atom. The summed E-state index contributed by atoms with van der Waals surface area (Å²) in [6.45, 7) is 0. The topological polar surface area (TPSA) is 78.5 Å². The van der Waals surface area contributed by atoms with E-state index in [1.165, 1.54) is 18.2 Å². The van der Waals surface area contributed by atoms with Gasteiger partial charge in [-0.2, -0.15) is 0 Å². The summed E-state index contributed by atoms with van der Waals surface area (Å²) in [5.41, 5.74) is 1.76. The zero-order valence-corrected chi connectivity index (χ0v) is 20.7. The quantitative estimate of drug-likeness (QED) is 0.274. The molecular formula is C27H16Cl3N3O3. The van der Waals surface area contributed by atoms with Gasteiger partial charge in [0.2, 0.25) is 0 Å². The van der Waals surface area contributed by atoms with E-state index in [9.17, 15) is 14.4 Å². The van der Waals surface area contributed by atoms with Crippen LogP contribution in [0.4, 0.5) is 17.1 Å². The van der Waals surface area contributed by atoms with Gasteiger partial charge in [0.05, 0.1) is 15.7 Å². The molecule has 2 N–H and O–H groups in total. The maximum atomic E-state index is 13.0. The lowest BCUT2D eigenvalue weighted by Gasteiger charge is -2.15. The van der Waals surface area contributed by atoms with E-state index in [0.717, 1.165) is 15.7 Å². The molecule has 0 aromatic heterocycles. The van der Waals surface area contributed by atoms with E-state index in [4.69, 9.17) is 34.8 Å². The minimum absolute atomic E-state index is 0.0827. The van der Waals surface area contributed by atoms with Gasteiger partial charge in [-0.3, -0.25) is 14.4 Å². The average molecular weight is 537 g/mol. The van der Waals surface area contributed by atoms with Crippen molar-refractivity contribution in [2.45, 2.75) is 0 Å². The Kier molecular flexibility index (Phi) is 6.41. The number of hydrogen-bond donors (Lipinski definition) is 2. The Hall–Kier alpha value is -3.84. The van der Waals surface area contributed by atoms with Crippen LogP contribution in [0.15, 0.2) is 95.7 Å². The average Bonchev–Trinajstić information content (AvgIpc) is 3.09. The molecule has 0 saturated heterocycles. The first-order chi connectivity index (χ1) is 17.3. The van der Waals surface area contributed by atoms with Crippen molar-refractivity contribution >= 4 is 80.4 Å². The number of anilines is 3. The van der Waals surface area contributed by atoms with E-state index < -0.39 is 11.8 Å². The second-order valence-electron chi connectivity index (χ2n) is 7.92. The molecule has 3 amide bonds. The number of hydrogen-bond acceptors (Lipinski definition) is 4. The van der Waals surface area contributed by atoms with Crippen LogP contribution in [0, 0.1) is 0 Å². The van der Waals surface area contributed by atoms with Crippen LogP contribution in [0.3, 0.4) is 0 Å². The van der Waals surface area contributed by atoms with Gasteiger partial charge in [-0.1, -0.05) is 71.2 Å². The molecule has 0 saturated carbocycles. The number of nitrogens with zero attached hydrogens (tertiary/aromatic N) is 1. The highest BCUT2D eigenvalue weighted by molar-refractivity contribution is 6.53. The molecule has 0 aliphatic carbocycles. The van der Waals surface area contributed by atoms with E-state index in [-0.39, 0.29) is 27.3 Å². The summed E-state index contributed by atoms with van der Waals surface area (Å²) in [7, 11) is 0. The summed E-state index contributed by atoms with van der Waals surface area (Å²) in [6.07, 6.45) is 0. The molecule has 1 aliphatic heterocycles. The van der Waals surface area contributed by atoms with E-state index in [0.29, 0.717) is 22.0 Å². The lowest BCUT2D eigenvalue weighted by molar-refractivity contribution is -0.120.